The standard InChI is InChI=1S/C17H34N2/c1-4-15-9-10-18-16(11-15)13-19(12-14(2)3)17-7-5-6-8-17/h14-18H,4-13H2,1-3H3. The third kappa shape index (κ3) is 4.75. The fourth-order valence-corrected chi connectivity index (χ4v) is 4.00. The van der Waals surface area contributed by atoms with Crippen LogP contribution in [0, 0.1) is 11.8 Å². The lowest BCUT2D eigenvalue weighted by Crippen LogP contribution is -2.49. The zero-order chi connectivity index (χ0) is 13.7. The van der Waals surface area contributed by atoms with E-state index in [2.05, 4.69) is 31.0 Å². The van der Waals surface area contributed by atoms with Crippen molar-refractivity contribution < 1.29 is 0 Å². The molecule has 112 valence electrons. The molecule has 0 amide bonds. The van der Waals surface area contributed by atoms with Crippen LogP contribution in [-0.2, 0) is 0 Å². The van der Waals surface area contributed by atoms with E-state index in [0.29, 0.717) is 0 Å². The second kappa shape index (κ2) is 7.64. The molecular weight excluding hydrogens is 232 g/mol. The molecule has 0 spiro atoms. The van der Waals surface area contributed by atoms with E-state index in [-0.39, 0.29) is 0 Å². The molecule has 2 fully saturated rings. The fraction of sp³-hybridized carbons (Fsp3) is 1.00. The average Bonchev–Trinajstić information content (AvgIpc) is 2.91. The van der Waals surface area contributed by atoms with Crippen LogP contribution >= 0.6 is 0 Å². The maximum atomic E-state index is 3.77. The van der Waals surface area contributed by atoms with Gasteiger partial charge in [0.1, 0.15) is 0 Å². The summed E-state index contributed by atoms with van der Waals surface area (Å²) in [5, 5.41) is 3.77. The van der Waals surface area contributed by atoms with Crippen LogP contribution in [0.4, 0.5) is 0 Å². The van der Waals surface area contributed by atoms with Gasteiger partial charge < -0.3 is 5.32 Å². The average molecular weight is 266 g/mol. The van der Waals surface area contributed by atoms with Crippen molar-refractivity contribution in [3.05, 3.63) is 0 Å². The second-order valence-electron chi connectivity index (χ2n) is 7.24. The Morgan fingerprint density at radius 1 is 1.16 bits per heavy atom. The normalized spacial score (nSPS) is 29.5. The molecule has 2 aliphatic rings. The summed E-state index contributed by atoms with van der Waals surface area (Å²) in [6.07, 6.45) is 9.95. The van der Waals surface area contributed by atoms with Gasteiger partial charge >= 0.3 is 0 Å². The van der Waals surface area contributed by atoms with Crippen LogP contribution in [0.15, 0.2) is 0 Å². The van der Waals surface area contributed by atoms with E-state index >= 15 is 0 Å². The Bertz CT molecular complexity index is 246. The van der Waals surface area contributed by atoms with Gasteiger partial charge in [-0.3, -0.25) is 4.90 Å². The molecule has 2 rings (SSSR count). The number of hydrogen-bond acceptors (Lipinski definition) is 2. The lowest BCUT2D eigenvalue weighted by molar-refractivity contribution is 0.139. The van der Waals surface area contributed by atoms with Gasteiger partial charge in [-0.25, -0.2) is 0 Å². The van der Waals surface area contributed by atoms with Gasteiger partial charge in [0, 0.05) is 25.2 Å². The van der Waals surface area contributed by atoms with Crippen molar-refractivity contribution >= 4 is 0 Å². The molecule has 2 nitrogen and oxygen atoms in total. The van der Waals surface area contributed by atoms with Crippen molar-refractivity contribution in [1.29, 1.82) is 0 Å². The van der Waals surface area contributed by atoms with Crippen LogP contribution in [-0.4, -0.2) is 36.6 Å². The van der Waals surface area contributed by atoms with Gasteiger partial charge in [-0.05, 0) is 44.1 Å². The lowest BCUT2D eigenvalue weighted by Gasteiger charge is -2.37. The largest absolute Gasteiger partial charge is 0.313 e. The number of nitrogens with one attached hydrogen (secondary N) is 1. The first kappa shape index (κ1) is 15.3. The van der Waals surface area contributed by atoms with Crippen molar-refractivity contribution in [2.24, 2.45) is 11.8 Å². The molecule has 1 aliphatic heterocycles. The van der Waals surface area contributed by atoms with Crippen LogP contribution in [0.2, 0.25) is 0 Å². The molecular formula is C17H34N2. The summed E-state index contributed by atoms with van der Waals surface area (Å²) in [6, 6.07) is 1.63. The number of piperidine rings is 1. The van der Waals surface area contributed by atoms with E-state index in [1.807, 2.05) is 0 Å². The molecule has 0 bridgehead atoms. The molecule has 1 heterocycles. The highest BCUT2D eigenvalue weighted by Gasteiger charge is 2.27. The van der Waals surface area contributed by atoms with E-state index in [9.17, 15) is 0 Å². The molecule has 0 aromatic heterocycles. The first-order chi connectivity index (χ1) is 9.19. The molecule has 2 atom stereocenters. The summed E-state index contributed by atoms with van der Waals surface area (Å²) in [6.45, 7) is 10.9. The molecule has 1 saturated carbocycles. The van der Waals surface area contributed by atoms with Crippen molar-refractivity contribution in [3.8, 4) is 0 Å². The molecule has 19 heavy (non-hydrogen) atoms. The van der Waals surface area contributed by atoms with Gasteiger partial charge in [-0.2, -0.15) is 0 Å². The summed E-state index contributed by atoms with van der Waals surface area (Å²) in [5.74, 6) is 1.77. The quantitative estimate of drug-likeness (QED) is 0.789. The Labute approximate surface area is 120 Å². The van der Waals surface area contributed by atoms with E-state index in [1.54, 1.807) is 0 Å². The Morgan fingerprint density at radius 3 is 2.53 bits per heavy atom. The fourth-order valence-electron chi connectivity index (χ4n) is 4.00. The maximum absolute atomic E-state index is 3.77. The minimum Gasteiger partial charge on any atom is -0.313 e. The van der Waals surface area contributed by atoms with Gasteiger partial charge in [-0.15, -0.1) is 0 Å². The molecule has 0 aromatic rings. The van der Waals surface area contributed by atoms with Gasteiger partial charge in [0.2, 0.25) is 0 Å². The number of hydrogen-bond donors (Lipinski definition) is 1. The van der Waals surface area contributed by atoms with Gasteiger partial charge in [0.15, 0.2) is 0 Å². The molecule has 2 heteroatoms. The predicted octanol–water partition coefficient (Wildman–Crippen LogP) is 3.67. The topological polar surface area (TPSA) is 15.3 Å². The van der Waals surface area contributed by atoms with E-state index in [0.717, 1.165) is 23.9 Å². The number of rotatable bonds is 6. The first-order valence-electron chi connectivity index (χ1n) is 8.66. The zero-order valence-electron chi connectivity index (χ0n) is 13.3. The molecule has 0 aromatic carbocycles. The van der Waals surface area contributed by atoms with Crippen LogP contribution < -0.4 is 5.32 Å². The van der Waals surface area contributed by atoms with Crippen LogP contribution in [0.25, 0.3) is 0 Å². The summed E-state index contributed by atoms with van der Waals surface area (Å²) in [5.41, 5.74) is 0. The van der Waals surface area contributed by atoms with Crippen LogP contribution in [0.3, 0.4) is 0 Å². The van der Waals surface area contributed by atoms with Gasteiger partial charge in [0.05, 0.1) is 0 Å². The highest BCUT2D eigenvalue weighted by atomic mass is 15.2. The van der Waals surface area contributed by atoms with Crippen LogP contribution in [0.1, 0.15) is 65.7 Å². The van der Waals surface area contributed by atoms with Crippen molar-refractivity contribution in [1.82, 2.24) is 10.2 Å². The summed E-state index contributed by atoms with van der Waals surface area (Å²) < 4.78 is 0. The Kier molecular flexibility index (Phi) is 6.15. The maximum Gasteiger partial charge on any atom is 0.0197 e. The molecule has 1 saturated heterocycles. The van der Waals surface area contributed by atoms with Crippen molar-refractivity contribution in [2.75, 3.05) is 19.6 Å². The Morgan fingerprint density at radius 2 is 1.89 bits per heavy atom. The zero-order valence-corrected chi connectivity index (χ0v) is 13.3. The van der Waals surface area contributed by atoms with Crippen LogP contribution in [0.5, 0.6) is 0 Å². The molecule has 2 unspecified atom stereocenters. The van der Waals surface area contributed by atoms with Gasteiger partial charge in [-0.1, -0.05) is 40.0 Å². The summed E-state index contributed by atoms with van der Waals surface area (Å²) >= 11 is 0. The number of nitrogens with zero attached hydrogens (tertiary/aromatic N) is 1. The molecule has 1 N–H and O–H groups in total. The SMILES string of the molecule is CCC1CCNC(CN(CC(C)C)C2CCCC2)C1. The monoisotopic (exact) mass is 266 g/mol. The van der Waals surface area contributed by atoms with Crippen molar-refractivity contribution in [2.45, 2.75) is 77.8 Å². The Hall–Kier alpha value is -0.0800. The summed E-state index contributed by atoms with van der Waals surface area (Å²) in [4.78, 5) is 2.81. The Balaban J connectivity index is 1.87. The minimum atomic E-state index is 0.748. The third-order valence-corrected chi connectivity index (χ3v) is 5.08. The first-order valence-corrected chi connectivity index (χ1v) is 8.66. The van der Waals surface area contributed by atoms with E-state index in [4.69, 9.17) is 0 Å². The van der Waals surface area contributed by atoms with Gasteiger partial charge in [0.25, 0.3) is 0 Å². The third-order valence-electron chi connectivity index (χ3n) is 5.08. The molecule has 1 aliphatic carbocycles. The highest BCUT2D eigenvalue weighted by molar-refractivity contribution is 4.85. The van der Waals surface area contributed by atoms with E-state index in [1.165, 1.54) is 64.6 Å². The summed E-state index contributed by atoms with van der Waals surface area (Å²) in [7, 11) is 0. The molecule has 0 radical (unpaired) electrons. The lowest BCUT2D eigenvalue weighted by atomic mass is 9.90. The minimum absolute atomic E-state index is 0.748. The van der Waals surface area contributed by atoms with E-state index < -0.39 is 0 Å². The highest BCUT2D eigenvalue weighted by Crippen LogP contribution is 2.26. The predicted molar refractivity (Wildman–Crippen MR) is 83.5 cm³/mol. The second-order valence-corrected chi connectivity index (χ2v) is 7.24. The smallest absolute Gasteiger partial charge is 0.0197 e. The van der Waals surface area contributed by atoms with Crippen molar-refractivity contribution in [3.63, 3.8) is 0 Å².